The van der Waals surface area contributed by atoms with Crippen LogP contribution in [-0.2, 0) is 4.79 Å². The summed E-state index contributed by atoms with van der Waals surface area (Å²) in [5.41, 5.74) is 5.98. The Hall–Kier alpha value is -2.15. The van der Waals surface area contributed by atoms with Crippen molar-refractivity contribution in [1.29, 1.82) is 0 Å². The van der Waals surface area contributed by atoms with Crippen LogP contribution in [0.25, 0.3) is 0 Å². The highest BCUT2D eigenvalue weighted by molar-refractivity contribution is 6.32. The van der Waals surface area contributed by atoms with E-state index in [9.17, 15) is 4.79 Å². The van der Waals surface area contributed by atoms with Crippen molar-refractivity contribution in [1.82, 2.24) is 10.6 Å². The number of nitrogens with two attached hydrogens (primary N) is 1. The molecule has 0 heterocycles. The van der Waals surface area contributed by atoms with Gasteiger partial charge in [0.25, 0.3) is 0 Å². The molecule has 0 aliphatic rings. The summed E-state index contributed by atoms with van der Waals surface area (Å²) in [5, 5.41) is 6.36. The van der Waals surface area contributed by atoms with Gasteiger partial charge in [0.15, 0.2) is 11.6 Å². The van der Waals surface area contributed by atoms with Crippen LogP contribution in [0, 0.1) is 5.82 Å². The van der Waals surface area contributed by atoms with Crippen molar-refractivity contribution in [2.75, 3.05) is 6.54 Å². The highest BCUT2D eigenvalue weighted by Crippen LogP contribution is 2.36. The zero-order valence-corrected chi connectivity index (χ0v) is 17.8. The van der Waals surface area contributed by atoms with Crippen LogP contribution in [-0.4, -0.2) is 24.5 Å². The average Bonchev–Trinajstić information content (AvgIpc) is 2.70. The molecule has 0 spiro atoms. The molecule has 1 amide bonds. The van der Waals surface area contributed by atoms with E-state index < -0.39 is 5.82 Å². The molecule has 0 aliphatic heterocycles. The largest absolute Gasteiger partial charge is 0.453 e. The van der Waals surface area contributed by atoms with E-state index in [1.807, 2.05) is 26.8 Å². The second kappa shape index (κ2) is 11.1. The van der Waals surface area contributed by atoms with E-state index in [1.165, 1.54) is 0 Å². The fourth-order valence-electron chi connectivity index (χ4n) is 3.02. The van der Waals surface area contributed by atoms with Gasteiger partial charge in [-0.1, -0.05) is 42.8 Å². The third-order valence-electron chi connectivity index (χ3n) is 4.56. The zero-order chi connectivity index (χ0) is 21.4. The minimum atomic E-state index is -0.505. The molecule has 0 radical (unpaired) electrons. The smallest absolute Gasteiger partial charge is 0.221 e. The van der Waals surface area contributed by atoms with Gasteiger partial charge < -0.3 is 21.1 Å². The molecule has 7 heteroatoms. The molecular formula is C22H29ClFN3O2. The lowest BCUT2D eigenvalue weighted by molar-refractivity contribution is -0.122. The van der Waals surface area contributed by atoms with Crippen LogP contribution in [0.1, 0.15) is 45.2 Å². The number of halogens is 2. The summed E-state index contributed by atoms with van der Waals surface area (Å²) >= 11 is 6.19. The van der Waals surface area contributed by atoms with E-state index in [-0.39, 0.29) is 41.2 Å². The number of ether oxygens (including phenoxy) is 1. The second-order valence-electron chi connectivity index (χ2n) is 7.13. The standard InChI is InChI=1S/C22H29ClFN3O2/c1-4-19(26-14(2)12-20(28)27-15(3)13-25)17-10-11-18(23)22(21(17)24)29-16-8-6-5-7-9-16/h5-11,14-15,19,26H,4,12-13,25H2,1-3H3,(H,27,28)/t14-,15-,19+/m0/s1. The maximum Gasteiger partial charge on any atom is 0.221 e. The highest BCUT2D eigenvalue weighted by Gasteiger charge is 2.22. The van der Waals surface area contributed by atoms with Gasteiger partial charge in [0.2, 0.25) is 5.91 Å². The van der Waals surface area contributed by atoms with E-state index in [0.717, 1.165) is 0 Å². The quantitative estimate of drug-likeness (QED) is 0.525. The lowest BCUT2D eigenvalue weighted by atomic mass is 10.0. The number of para-hydroxylation sites is 1. The van der Waals surface area contributed by atoms with Crippen molar-refractivity contribution in [2.24, 2.45) is 5.73 Å². The maximum absolute atomic E-state index is 15.2. The van der Waals surface area contributed by atoms with E-state index >= 15 is 4.39 Å². The van der Waals surface area contributed by atoms with E-state index in [1.54, 1.807) is 36.4 Å². The second-order valence-corrected chi connectivity index (χ2v) is 7.54. The maximum atomic E-state index is 15.2. The Bertz CT molecular complexity index is 804. The number of hydrogen-bond donors (Lipinski definition) is 3. The summed E-state index contributed by atoms with van der Waals surface area (Å²) in [7, 11) is 0. The normalized spacial score (nSPS) is 14.1. The predicted octanol–water partition coefficient (Wildman–Crippen LogP) is 4.55. The van der Waals surface area contributed by atoms with Crippen LogP contribution < -0.4 is 21.1 Å². The van der Waals surface area contributed by atoms with E-state index in [0.29, 0.717) is 24.3 Å². The number of carbonyl (C=O) groups is 1. The minimum absolute atomic E-state index is 0.00205. The first kappa shape index (κ1) is 23.1. The minimum Gasteiger partial charge on any atom is -0.453 e. The van der Waals surface area contributed by atoms with Crippen molar-refractivity contribution in [3.05, 3.63) is 58.9 Å². The molecule has 2 rings (SSSR count). The van der Waals surface area contributed by atoms with Crippen LogP contribution in [0.2, 0.25) is 5.02 Å². The Morgan fingerprint density at radius 3 is 2.48 bits per heavy atom. The summed E-state index contributed by atoms with van der Waals surface area (Å²) in [4.78, 5) is 12.1. The van der Waals surface area contributed by atoms with Crippen LogP contribution in [0.15, 0.2) is 42.5 Å². The molecular weight excluding hydrogens is 393 g/mol. The van der Waals surface area contributed by atoms with E-state index in [2.05, 4.69) is 10.6 Å². The molecule has 0 fully saturated rings. The zero-order valence-electron chi connectivity index (χ0n) is 17.0. The van der Waals surface area contributed by atoms with Gasteiger partial charge in [0, 0.05) is 36.7 Å². The lowest BCUT2D eigenvalue weighted by Crippen LogP contribution is -2.41. The molecule has 5 nitrogen and oxygen atoms in total. The lowest BCUT2D eigenvalue weighted by Gasteiger charge is -2.24. The monoisotopic (exact) mass is 421 g/mol. The third-order valence-corrected chi connectivity index (χ3v) is 4.86. The Morgan fingerprint density at radius 1 is 1.17 bits per heavy atom. The van der Waals surface area contributed by atoms with Gasteiger partial charge >= 0.3 is 0 Å². The molecule has 2 aromatic carbocycles. The third kappa shape index (κ3) is 6.70. The number of amides is 1. The van der Waals surface area contributed by atoms with Crippen molar-refractivity contribution in [3.63, 3.8) is 0 Å². The van der Waals surface area contributed by atoms with Gasteiger partial charge in [-0.2, -0.15) is 0 Å². The summed E-state index contributed by atoms with van der Waals surface area (Å²) in [6, 6.07) is 11.7. The number of hydrogen-bond acceptors (Lipinski definition) is 4. The van der Waals surface area contributed by atoms with Crippen LogP contribution in [0.3, 0.4) is 0 Å². The summed E-state index contributed by atoms with van der Waals surface area (Å²) in [5.74, 6) is -0.0973. The number of benzene rings is 2. The van der Waals surface area contributed by atoms with Crippen LogP contribution >= 0.6 is 11.6 Å². The topological polar surface area (TPSA) is 76.4 Å². The Morgan fingerprint density at radius 2 is 1.86 bits per heavy atom. The van der Waals surface area contributed by atoms with Crippen LogP contribution in [0.5, 0.6) is 11.5 Å². The molecule has 2 aromatic rings. The Balaban J connectivity index is 2.14. The molecule has 0 unspecified atom stereocenters. The average molecular weight is 422 g/mol. The molecule has 0 saturated carbocycles. The Kier molecular flexibility index (Phi) is 8.89. The molecule has 0 aliphatic carbocycles. The molecule has 0 aromatic heterocycles. The summed E-state index contributed by atoms with van der Waals surface area (Å²) in [6.07, 6.45) is 0.901. The van der Waals surface area contributed by atoms with Gasteiger partial charge in [-0.05, 0) is 38.5 Å². The molecule has 3 atom stereocenters. The highest BCUT2D eigenvalue weighted by atomic mass is 35.5. The SMILES string of the molecule is CC[C@@H](N[C@@H](C)CC(=O)N[C@@H](C)CN)c1ccc(Cl)c(Oc2ccccc2)c1F. The molecule has 0 bridgehead atoms. The summed E-state index contributed by atoms with van der Waals surface area (Å²) in [6.45, 7) is 6.07. The van der Waals surface area contributed by atoms with Crippen LogP contribution in [0.4, 0.5) is 4.39 Å². The first-order valence-corrected chi connectivity index (χ1v) is 10.2. The number of rotatable bonds is 10. The fraction of sp³-hybridized carbons (Fsp3) is 0.409. The molecule has 29 heavy (non-hydrogen) atoms. The molecule has 158 valence electrons. The van der Waals surface area contributed by atoms with E-state index in [4.69, 9.17) is 22.1 Å². The van der Waals surface area contributed by atoms with Crippen molar-refractivity contribution < 1.29 is 13.9 Å². The van der Waals surface area contributed by atoms with Gasteiger partial charge in [-0.3, -0.25) is 4.79 Å². The first-order chi connectivity index (χ1) is 13.8. The first-order valence-electron chi connectivity index (χ1n) is 9.81. The van der Waals surface area contributed by atoms with Crippen molar-refractivity contribution in [3.8, 4) is 11.5 Å². The van der Waals surface area contributed by atoms with Crippen molar-refractivity contribution >= 4 is 17.5 Å². The van der Waals surface area contributed by atoms with Gasteiger partial charge in [0.1, 0.15) is 5.75 Å². The van der Waals surface area contributed by atoms with Gasteiger partial charge in [-0.15, -0.1) is 0 Å². The molecule has 4 N–H and O–H groups in total. The molecule has 0 saturated heterocycles. The van der Waals surface area contributed by atoms with Gasteiger partial charge in [0.05, 0.1) is 5.02 Å². The number of nitrogens with one attached hydrogen (secondary N) is 2. The fourth-order valence-corrected chi connectivity index (χ4v) is 3.20. The predicted molar refractivity (Wildman–Crippen MR) is 115 cm³/mol. The number of carbonyl (C=O) groups excluding carboxylic acids is 1. The summed E-state index contributed by atoms with van der Waals surface area (Å²) < 4.78 is 20.9. The Labute approximate surface area is 176 Å². The van der Waals surface area contributed by atoms with Gasteiger partial charge in [-0.25, -0.2) is 4.39 Å². The van der Waals surface area contributed by atoms with Crippen molar-refractivity contribution in [2.45, 2.75) is 51.7 Å².